The maximum Gasteiger partial charge on any atom is 0.0379 e. The molecule has 0 aromatic heterocycles. The van der Waals surface area contributed by atoms with E-state index in [2.05, 4.69) is 62.5 Å². The number of hydrogen-bond acceptors (Lipinski definition) is 1. The van der Waals surface area contributed by atoms with Crippen LogP contribution in [0.5, 0.6) is 0 Å². The van der Waals surface area contributed by atoms with E-state index < -0.39 is 0 Å². The fourth-order valence-electron chi connectivity index (χ4n) is 3.28. The van der Waals surface area contributed by atoms with Crippen LogP contribution < -0.4 is 5.32 Å². The second-order valence-corrected chi connectivity index (χ2v) is 5.33. The number of benzene rings is 2. The summed E-state index contributed by atoms with van der Waals surface area (Å²) in [5.41, 5.74) is 8.41. The average Bonchev–Trinajstić information content (AvgIpc) is 2.72. The largest absolute Gasteiger partial charge is 0.384 e. The van der Waals surface area contributed by atoms with Crippen LogP contribution >= 0.6 is 0 Å². The minimum Gasteiger partial charge on any atom is -0.384 e. The first kappa shape index (κ1) is 11.3. The Morgan fingerprint density at radius 3 is 2.39 bits per heavy atom. The molecule has 2 aromatic rings. The first-order valence-electron chi connectivity index (χ1n) is 6.57. The summed E-state index contributed by atoms with van der Waals surface area (Å²) in [6.07, 6.45) is 0. The van der Waals surface area contributed by atoms with Crippen molar-refractivity contribution in [3.05, 3.63) is 64.2 Å². The molecule has 1 unspecified atom stereocenters. The summed E-state index contributed by atoms with van der Waals surface area (Å²) in [5.74, 6) is 0.502. The minimum absolute atomic E-state index is 0.502. The van der Waals surface area contributed by atoms with Crippen molar-refractivity contribution in [3.63, 3.8) is 0 Å². The van der Waals surface area contributed by atoms with Gasteiger partial charge in [-0.25, -0.2) is 0 Å². The molecule has 0 amide bonds. The number of hydrogen-bond donors (Lipinski definition) is 1. The molecule has 0 radical (unpaired) electrons. The Labute approximate surface area is 109 Å². The molecule has 0 aliphatic carbocycles. The third kappa shape index (κ3) is 1.71. The molecule has 18 heavy (non-hydrogen) atoms. The highest BCUT2D eigenvalue weighted by Gasteiger charge is 2.25. The number of para-hydroxylation sites is 1. The standard InChI is InChI=1S/C17H19N/c1-11-8-12(2)17(13(3)9-11)15-10-18-16-7-5-4-6-14(15)16/h4-9,15,18H,10H2,1-3H3. The zero-order chi connectivity index (χ0) is 12.7. The predicted molar refractivity (Wildman–Crippen MR) is 77.4 cm³/mol. The molecule has 0 bridgehead atoms. The molecule has 1 nitrogen and oxygen atoms in total. The minimum atomic E-state index is 0.502. The normalized spacial score (nSPS) is 17.4. The molecule has 1 heterocycles. The van der Waals surface area contributed by atoms with Gasteiger partial charge in [0.25, 0.3) is 0 Å². The van der Waals surface area contributed by atoms with Gasteiger partial charge in [0.1, 0.15) is 0 Å². The van der Waals surface area contributed by atoms with Crippen LogP contribution in [0.3, 0.4) is 0 Å². The molecule has 92 valence electrons. The molecule has 1 heteroatoms. The summed E-state index contributed by atoms with van der Waals surface area (Å²) in [6.45, 7) is 7.65. The average molecular weight is 237 g/mol. The van der Waals surface area contributed by atoms with Crippen LogP contribution in [-0.4, -0.2) is 6.54 Å². The van der Waals surface area contributed by atoms with Crippen LogP contribution in [0.25, 0.3) is 0 Å². The third-order valence-electron chi connectivity index (χ3n) is 3.92. The van der Waals surface area contributed by atoms with Gasteiger partial charge in [0, 0.05) is 18.2 Å². The van der Waals surface area contributed by atoms with E-state index >= 15 is 0 Å². The molecule has 0 saturated carbocycles. The van der Waals surface area contributed by atoms with Crippen LogP contribution in [0.15, 0.2) is 36.4 Å². The fraction of sp³-hybridized carbons (Fsp3) is 0.294. The lowest BCUT2D eigenvalue weighted by atomic mass is 9.86. The van der Waals surface area contributed by atoms with Gasteiger partial charge >= 0.3 is 0 Å². The molecule has 1 aliphatic heterocycles. The van der Waals surface area contributed by atoms with E-state index in [1.54, 1.807) is 0 Å². The second-order valence-electron chi connectivity index (χ2n) is 5.33. The number of anilines is 1. The molecule has 2 aromatic carbocycles. The van der Waals surface area contributed by atoms with E-state index in [0.29, 0.717) is 5.92 Å². The van der Waals surface area contributed by atoms with E-state index in [-0.39, 0.29) is 0 Å². The van der Waals surface area contributed by atoms with Crippen LogP contribution in [0.1, 0.15) is 33.7 Å². The van der Waals surface area contributed by atoms with Crippen molar-refractivity contribution in [2.24, 2.45) is 0 Å². The second kappa shape index (κ2) is 4.16. The maximum atomic E-state index is 3.52. The Balaban J connectivity index is 2.13. The van der Waals surface area contributed by atoms with Gasteiger partial charge < -0.3 is 5.32 Å². The van der Waals surface area contributed by atoms with Crippen molar-refractivity contribution in [1.29, 1.82) is 0 Å². The fourth-order valence-corrected chi connectivity index (χ4v) is 3.28. The summed E-state index contributed by atoms with van der Waals surface area (Å²) in [6, 6.07) is 13.3. The first-order valence-corrected chi connectivity index (χ1v) is 6.57. The van der Waals surface area contributed by atoms with Gasteiger partial charge in [0.15, 0.2) is 0 Å². The first-order chi connectivity index (χ1) is 8.66. The van der Waals surface area contributed by atoms with Crippen molar-refractivity contribution in [2.75, 3.05) is 11.9 Å². The van der Waals surface area contributed by atoms with Gasteiger partial charge in [-0.3, -0.25) is 0 Å². The topological polar surface area (TPSA) is 12.0 Å². The van der Waals surface area contributed by atoms with E-state index in [1.807, 2.05) is 0 Å². The molecular weight excluding hydrogens is 218 g/mol. The molecule has 1 N–H and O–H groups in total. The van der Waals surface area contributed by atoms with Gasteiger partial charge in [0.2, 0.25) is 0 Å². The molecule has 1 atom stereocenters. The summed E-state index contributed by atoms with van der Waals surface area (Å²) in [7, 11) is 0. The van der Waals surface area contributed by atoms with E-state index in [0.717, 1.165) is 6.54 Å². The Hall–Kier alpha value is -1.76. The monoisotopic (exact) mass is 237 g/mol. The lowest BCUT2D eigenvalue weighted by Gasteiger charge is -2.18. The Morgan fingerprint density at radius 1 is 1.00 bits per heavy atom. The summed E-state index contributed by atoms with van der Waals surface area (Å²) in [4.78, 5) is 0. The van der Waals surface area contributed by atoms with Crippen molar-refractivity contribution >= 4 is 5.69 Å². The van der Waals surface area contributed by atoms with Crippen LogP contribution in [0.4, 0.5) is 5.69 Å². The lowest BCUT2D eigenvalue weighted by molar-refractivity contribution is 0.883. The molecule has 0 fully saturated rings. The highest BCUT2D eigenvalue weighted by Crippen LogP contribution is 2.38. The number of fused-ring (bicyclic) bond motifs is 1. The number of aryl methyl sites for hydroxylation is 3. The van der Waals surface area contributed by atoms with Gasteiger partial charge in [-0.15, -0.1) is 0 Å². The van der Waals surface area contributed by atoms with Crippen LogP contribution in [-0.2, 0) is 0 Å². The molecule has 0 saturated heterocycles. The highest BCUT2D eigenvalue weighted by molar-refractivity contribution is 5.62. The zero-order valence-corrected chi connectivity index (χ0v) is 11.2. The Bertz CT molecular complexity index is 575. The number of nitrogens with one attached hydrogen (secondary N) is 1. The predicted octanol–water partition coefficient (Wildman–Crippen LogP) is 4.17. The van der Waals surface area contributed by atoms with E-state index in [1.165, 1.54) is 33.5 Å². The quantitative estimate of drug-likeness (QED) is 0.785. The van der Waals surface area contributed by atoms with Crippen molar-refractivity contribution < 1.29 is 0 Å². The number of rotatable bonds is 1. The SMILES string of the molecule is Cc1cc(C)c(C2CNc3ccccc32)c(C)c1. The van der Waals surface area contributed by atoms with Crippen molar-refractivity contribution in [3.8, 4) is 0 Å². The third-order valence-corrected chi connectivity index (χ3v) is 3.92. The van der Waals surface area contributed by atoms with Gasteiger partial charge in [-0.2, -0.15) is 0 Å². The lowest BCUT2D eigenvalue weighted by Crippen LogP contribution is -2.08. The maximum absolute atomic E-state index is 3.52. The van der Waals surface area contributed by atoms with Crippen molar-refractivity contribution in [2.45, 2.75) is 26.7 Å². The van der Waals surface area contributed by atoms with Crippen molar-refractivity contribution in [1.82, 2.24) is 0 Å². The Morgan fingerprint density at radius 2 is 1.67 bits per heavy atom. The molecule has 3 rings (SSSR count). The van der Waals surface area contributed by atoms with E-state index in [9.17, 15) is 0 Å². The summed E-state index contributed by atoms with van der Waals surface area (Å²) < 4.78 is 0. The Kier molecular flexibility index (Phi) is 2.62. The molecular formula is C17H19N. The van der Waals surface area contributed by atoms with Gasteiger partial charge in [0.05, 0.1) is 0 Å². The zero-order valence-electron chi connectivity index (χ0n) is 11.2. The van der Waals surface area contributed by atoms with Crippen LogP contribution in [0, 0.1) is 20.8 Å². The smallest absolute Gasteiger partial charge is 0.0379 e. The molecule has 1 aliphatic rings. The van der Waals surface area contributed by atoms with Gasteiger partial charge in [-0.1, -0.05) is 35.9 Å². The summed E-state index contributed by atoms with van der Waals surface area (Å²) >= 11 is 0. The highest BCUT2D eigenvalue weighted by atomic mass is 14.9. The van der Waals surface area contributed by atoms with Crippen LogP contribution in [0.2, 0.25) is 0 Å². The van der Waals surface area contributed by atoms with Gasteiger partial charge in [-0.05, 0) is 49.1 Å². The van der Waals surface area contributed by atoms with E-state index in [4.69, 9.17) is 0 Å². The summed E-state index contributed by atoms with van der Waals surface area (Å²) in [5, 5.41) is 3.52. The molecule has 0 spiro atoms.